The van der Waals surface area contributed by atoms with Crippen molar-refractivity contribution >= 4 is 18.0 Å². The van der Waals surface area contributed by atoms with E-state index in [1.165, 1.54) is 11.1 Å². The summed E-state index contributed by atoms with van der Waals surface area (Å²) in [4.78, 5) is 38.6. The highest BCUT2D eigenvalue weighted by Crippen LogP contribution is 2.44. The fourth-order valence-electron chi connectivity index (χ4n) is 5.48. The van der Waals surface area contributed by atoms with Crippen molar-refractivity contribution in [2.45, 2.75) is 31.8 Å². The first-order valence-electron chi connectivity index (χ1n) is 12.1. The smallest absolute Gasteiger partial charge is 0.407 e. The van der Waals surface area contributed by atoms with Crippen LogP contribution in [0.15, 0.2) is 48.5 Å². The molecule has 2 aliphatic heterocycles. The molecular weight excluding hydrogens is 448 g/mol. The van der Waals surface area contributed by atoms with Crippen LogP contribution in [0.5, 0.6) is 0 Å². The van der Waals surface area contributed by atoms with Gasteiger partial charge in [-0.15, -0.1) is 0 Å². The van der Waals surface area contributed by atoms with Crippen LogP contribution in [0.25, 0.3) is 11.1 Å². The number of nitrogens with one attached hydrogen (secondary N) is 1. The van der Waals surface area contributed by atoms with Crippen LogP contribution < -0.4 is 5.32 Å². The number of benzene rings is 2. The van der Waals surface area contributed by atoms with E-state index in [2.05, 4.69) is 29.6 Å². The van der Waals surface area contributed by atoms with Gasteiger partial charge in [0.05, 0.1) is 5.41 Å². The molecular formula is C27H30N2O6. The topological polar surface area (TPSA) is 105 Å². The van der Waals surface area contributed by atoms with Crippen molar-refractivity contribution in [3.8, 4) is 11.1 Å². The van der Waals surface area contributed by atoms with E-state index in [-0.39, 0.29) is 37.4 Å². The molecule has 0 saturated carbocycles. The fraction of sp³-hybridized carbons (Fsp3) is 0.444. The Hall–Kier alpha value is -3.39. The molecule has 1 aliphatic carbocycles. The van der Waals surface area contributed by atoms with Crippen LogP contribution in [0.3, 0.4) is 0 Å². The van der Waals surface area contributed by atoms with Crippen LogP contribution in [-0.2, 0) is 19.1 Å². The lowest BCUT2D eigenvalue weighted by molar-refractivity contribution is -0.148. The van der Waals surface area contributed by atoms with Gasteiger partial charge in [-0.3, -0.25) is 9.59 Å². The van der Waals surface area contributed by atoms with Gasteiger partial charge in [-0.1, -0.05) is 48.5 Å². The average molecular weight is 479 g/mol. The zero-order valence-electron chi connectivity index (χ0n) is 19.7. The van der Waals surface area contributed by atoms with E-state index in [9.17, 15) is 19.5 Å². The molecule has 184 valence electrons. The van der Waals surface area contributed by atoms with Crippen LogP contribution in [0.1, 0.15) is 36.8 Å². The van der Waals surface area contributed by atoms with Gasteiger partial charge >= 0.3 is 12.1 Å². The normalized spacial score (nSPS) is 25.2. The van der Waals surface area contributed by atoms with Crippen LogP contribution in [0, 0.1) is 11.3 Å². The standard InChI is InChI=1S/C27H30N2O6/c1-27(25(31)32)11-12-29(16-27)24(30)23-17(10-13-34-23)14-28-26(33)35-15-22-20-8-4-2-6-18(20)19-7-3-5-9-21(19)22/h2-9,17,22-23H,10-16H2,1H3,(H,28,33)(H,31,32). The molecule has 2 N–H and O–H groups in total. The number of fused-ring (bicyclic) bond motifs is 3. The van der Waals surface area contributed by atoms with E-state index in [0.29, 0.717) is 26.0 Å². The second-order valence-corrected chi connectivity index (χ2v) is 9.92. The monoisotopic (exact) mass is 478 g/mol. The Morgan fingerprint density at radius 1 is 1.11 bits per heavy atom. The minimum Gasteiger partial charge on any atom is -0.481 e. The number of rotatable bonds is 6. The molecule has 2 amide bonds. The van der Waals surface area contributed by atoms with E-state index < -0.39 is 23.6 Å². The van der Waals surface area contributed by atoms with E-state index in [0.717, 1.165) is 11.1 Å². The number of carboxylic acid groups (broad SMARTS) is 1. The number of hydrogen-bond donors (Lipinski definition) is 2. The van der Waals surface area contributed by atoms with Crippen molar-refractivity contribution in [1.82, 2.24) is 10.2 Å². The highest BCUT2D eigenvalue weighted by Gasteiger charge is 2.45. The Kier molecular flexibility index (Phi) is 6.23. The number of carbonyl (C=O) groups is 3. The minimum absolute atomic E-state index is 0.0176. The number of ether oxygens (including phenoxy) is 2. The first-order chi connectivity index (χ1) is 16.9. The summed E-state index contributed by atoms with van der Waals surface area (Å²) in [7, 11) is 0. The molecule has 35 heavy (non-hydrogen) atoms. The van der Waals surface area contributed by atoms with Crippen LogP contribution in [0.2, 0.25) is 0 Å². The summed E-state index contributed by atoms with van der Waals surface area (Å²) in [6, 6.07) is 16.3. The molecule has 0 spiro atoms. The van der Waals surface area contributed by atoms with E-state index in [4.69, 9.17) is 9.47 Å². The maximum absolute atomic E-state index is 13.0. The Labute approximate surface area is 204 Å². The summed E-state index contributed by atoms with van der Waals surface area (Å²) in [6.45, 7) is 3.15. The first kappa shape index (κ1) is 23.4. The summed E-state index contributed by atoms with van der Waals surface area (Å²) in [5.74, 6) is -1.30. The van der Waals surface area contributed by atoms with Gasteiger partial charge in [0.1, 0.15) is 12.7 Å². The third kappa shape index (κ3) is 4.38. The second-order valence-electron chi connectivity index (χ2n) is 9.92. The van der Waals surface area contributed by atoms with Crippen molar-refractivity contribution in [3.63, 3.8) is 0 Å². The minimum atomic E-state index is -0.927. The van der Waals surface area contributed by atoms with Gasteiger partial charge in [-0.2, -0.15) is 0 Å². The lowest BCUT2D eigenvalue weighted by atomic mass is 9.90. The highest BCUT2D eigenvalue weighted by molar-refractivity contribution is 5.84. The predicted molar refractivity (Wildman–Crippen MR) is 128 cm³/mol. The molecule has 3 atom stereocenters. The van der Waals surface area contributed by atoms with Crippen LogP contribution in [-0.4, -0.2) is 66.9 Å². The third-order valence-corrected chi connectivity index (χ3v) is 7.61. The van der Waals surface area contributed by atoms with Gasteiger partial charge in [-0.05, 0) is 42.0 Å². The van der Waals surface area contributed by atoms with Gasteiger partial charge in [-0.25, -0.2) is 4.79 Å². The Morgan fingerprint density at radius 3 is 2.40 bits per heavy atom. The van der Waals surface area contributed by atoms with Gasteiger partial charge in [0.25, 0.3) is 5.91 Å². The molecule has 8 heteroatoms. The Morgan fingerprint density at radius 2 is 1.77 bits per heavy atom. The summed E-state index contributed by atoms with van der Waals surface area (Å²) in [5, 5.41) is 12.2. The average Bonchev–Trinajstić information content (AvgIpc) is 3.57. The summed E-state index contributed by atoms with van der Waals surface area (Å²) >= 11 is 0. The van der Waals surface area contributed by atoms with E-state index >= 15 is 0 Å². The fourth-order valence-corrected chi connectivity index (χ4v) is 5.48. The molecule has 2 heterocycles. The number of carboxylic acids is 1. The molecule has 0 bridgehead atoms. The van der Waals surface area contributed by atoms with Crippen LogP contribution >= 0.6 is 0 Å². The van der Waals surface area contributed by atoms with Crippen molar-refractivity contribution in [2.75, 3.05) is 32.8 Å². The molecule has 0 radical (unpaired) electrons. The van der Waals surface area contributed by atoms with Gasteiger partial charge in [0, 0.05) is 38.1 Å². The lowest BCUT2D eigenvalue weighted by Gasteiger charge is -2.25. The molecule has 5 rings (SSSR count). The molecule has 2 saturated heterocycles. The third-order valence-electron chi connectivity index (χ3n) is 7.61. The van der Waals surface area contributed by atoms with Crippen LogP contribution in [0.4, 0.5) is 4.79 Å². The molecule has 2 fully saturated rings. The van der Waals surface area contributed by atoms with Crippen molar-refractivity contribution in [3.05, 3.63) is 59.7 Å². The highest BCUT2D eigenvalue weighted by atomic mass is 16.5. The molecule has 2 aromatic rings. The molecule has 3 unspecified atom stereocenters. The lowest BCUT2D eigenvalue weighted by Crippen LogP contribution is -2.44. The largest absolute Gasteiger partial charge is 0.481 e. The molecule has 3 aliphatic rings. The summed E-state index contributed by atoms with van der Waals surface area (Å²) in [5.41, 5.74) is 3.71. The van der Waals surface area contributed by atoms with Gasteiger partial charge in [0.15, 0.2) is 0 Å². The summed E-state index contributed by atoms with van der Waals surface area (Å²) < 4.78 is 11.3. The quantitative estimate of drug-likeness (QED) is 0.660. The maximum Gasteiger partial charge on any atom is 0.407 e. The number of alkyl carbamates (subject to hydrolysis) is 1. The van der Waals surface area contributed by atoms with E-state index in [1.54, 1.807) is 11.8 Å². The number of amides is 2. The molecule has 8 nitrogen and oxygen atoms in total. The van der Waals surface area contributed by atoms with Crippen molar-refractivity contribution < 1.29 is 29.0 Å². The number of hydrogen-bond acceptors (Lipinski definition) is 5. The zero-order valence-corrected chi connectivity index (χ0v) is 19.7. The maximum atomic E-state index is 13.0. The number of likely N-dealkylation sites (tertiary alicyclic amines) is 1. The van der Waals surface area contributed by atoms with Crippen molar-refractivity contribution in [1.29, 1.82) is 0 Å². The van der Waals surface area contributed by atoms with E-state index in [1.807, 2.05) is 24.3 Å². The Bertz CT molecular complexity index is 1100. The predicted octanol–water partition coefficient (Wildman–Crippen LogP) is 3.25. The molecule has 0 aromatic heterocycles. The van der Waals surface area contributed by atoms with Crippen molar-refractivity contribution in [2.24, 2.45) is 11.3 Å². The second kappa shape index (κ2) is 9.34. The number of nitrogens with zero attached hydrogens (tertiary/aromatic N) is 1. The zero-order chi connectivity index (χ0) is 24.6. The number of aliphatic carboxylic acids is 1. The summed E-state index contributed by atoms with van der Waals surface area (Å²) in [6.07, 6.45) is -0.141. The van der Waals surface area contributed by atoms with Gasteiger partial charge in [0.2, 0.25) is 0 Å². The first-order valence-corrected chi connectivity index (χ1v) is 12.1. The Balaban J connectivity index is 1.15. The van der Waals surface area contributed by atoms with Gasteiger partial charge < -0.3 is 24.8 Å². The SMILES string of the molecule is CC1(C(=O)O)CCN(C(=O)C2OCCC2CNC(=O)OCC2c3ccccc3-c3ccccc32)C1. The molecule has 2 aromatic carbocycles. The number of carbonyl (C=O) groups excluding carboxylic acids is 2.